The summed E-state index contributed by atoms with van der Waals surface area (Å²) in [6.07, 6.45) is 0. The second kappa shape index (κ2) is 10.3. The Morgan fingerprint density at radius 3 is 1.44 bits per heavy atom. The average Bonchev–Trinajstić information content (AvgIpc) is 3.51. The van der Waals surface area contributed by atoms with Crippen LogP contribution in [0.2, 0.25) is 0 Å². The van der Waals surface area contributed by atoms with Gasteiger partial charge in [-0.25, -0.2) is 9.97 Å². The predicted octanol–water partition coefficient (Wildman–Crippen LogP) is 7.82. The predicted molar refractivity (Wildman–Crippen MR) is 158 cm³/mol. The lowest BCUT2D eigenvalue weighted by atomic mass is 10.2. The number of ether oxygens (including phenoxy) is 1. The third-order valence-electron chi connectivity index (χ3n) is 6.00. The van der Waals surface area contributed by atoms with Crippen LogP contribution in [0.1, 0.15) is 31.8 Å². The molecule has 6 rings (SSSR count). The van der Waals surface area contributed by atoms with Crippen LogP contribution in [0.4, 0.5) is 10.3 Å². The van der Waals surface area contributed by atoms with Gasteiger partial charge in [0.15, 0.2) is 10.3 Å². The Bertz CT molecular complexity index is 1710. The van der Waals surface area contributed by atoms with E-state index in [2.05, 4.69) is 32.7 Å². The molecule has 0 fully saturated rings. The molecule has 192 valence electrons. The molecule has 0 aliphatic heterocycles. The van der Waals surface area contributed by atoms with E-state index in [0.717, 1.165) is 31.6 Å². The Morgan fingerprint density at radius 2 is 1.03 bits per heavy atom. The van der Waals surface area contributed by atoms with Crippen LogP contribution in [0, 0.1) is 13.8 Å². The van der Waals surface area contributed by atoms with E-state index in [0.29, 0.717) is 32.9 Å². The first kappa shape index (κ1) is 24.7. The van der Waals surface area contributed by atoms with E-state index in [9.17, 15) is 9.59 Å². The van der Waals surface area contributed by atoms with Crippen LogP contribution in [-0.2, 0) is 0 Å². The Hall–Kier alpha value is -4.60. The average molecular weight is 551 g/mol. The van der Waals surface area contributed by atoms with Crippen molar-refractivity contribution >= 4 is 65.2 Å². The molecule has 9 heteroatoms. The molecule has 0 saturated heterocycles. The Kier molecular flexibility index (Phi) is 6.52. The Labute approximate surface area is 232 Å². The molecule has 0 radical (unpaired) electrons. The highest BCUT2D eigenvalue weighted by molar-refractivity contribution is 7.22. The fraction of sp³-hybridized carbons (Fsp3) is 0.0667. The van der Waals surface area contributed by atoms with Gasteiger partial charge in [0.1, 0.15) is 11.5 Å². The zero-order valence-corrected chi connectivity index (χ0v) is 22.7. The van der Waals surface area contributed by atoms with Crippen LogP contribution in [0.5, 0.6) is 11.5 Å². The molecule has 2 heterocycles. The number of aromatic nitrogens is 2. The van der Waals surface area contributed by atoms with Gasteiger partial charge < -0.3 is 4.74 Å². The van der Waals surface area contributed by atoms with Gasteiger partial charge in [-0.2, -0.15) is 0 Å². The van der Waals surface area contributed by atoms with E-state index >= 15 is 0 Å². The highest BCUT2D eigenvalue weighted by Gasteiger charge is 2.12. The van der Waals surface area contributed by atoms with Gasteiger partial charge >= 0.3 is 0 Å². The molecule has 2 amide bonds. The molecule has 0 aliphatic carbocycles. The summed E-state index contributed by atoms with van der Waals surface area (Å²) in [5.41, 5.74) is 5.01. The highest BCUT2D eigenvalue weighted by atomic mass is 32.1. The van der Waals surface area contributed by atoms with Crippen LogP contribution in [0.15, 0.2) is 84.9 Å². The first-order chi connectivity index (χ1) is 18.9. The Morgan fingerprint density at radius 1 is 0.615 bits per heavy atom. The smallest absolute Gasteiger partial charge is 0.257 e. The molecule has 39 heavy (non-hydrogen) atoms. The van der Waals surface area contributed by atoms with Gasteiger partial charge in [-0.15, -0.1) is 0 Å². The monoisotopic (exact) mass is 550 g/mol. The lowest BCUT2D eigenvalue weighted by molar-refractivity contribution is 0.101. The second-order valence-corrected chi connectivity index (χ2v) is 11.1. The molecule has 0 spiro atoms. The van der Waals surface area contributed by atoms with Gasteiger partial charge in [0.2, 0.25) is 0 Å². The number of benzene rings is 4. The van der Waals surface area contributed by atoms with E-state index < -0.39 is 0 Å². The summed E-state index contributed by atoms with van der Waals surface area (Å²) < 4.78 is 7.97. The topological polar surface area (TPSA) is 93.2 Å². The molecule has 6 aromatic rings. The number of nitrogens with zero attached hydrogens (tertiary/aromatic N) is 2. The first-order valence-electron chi connectivity index (χ1n) is 12.1. The molecule has 2 aromatic heterocycles. The number of carbonyl (C=O) groups is 2. The van der Waals surface area contributed by atoms with Gasteiger partial charge in [0.05, 0.1) is 20.4 Å². The van der Waals surface area contributed by atoms with Crippen molar-refractivity contribution in [1.29, 1.82) is 0 Å². The van der Waals surface area contributed by atoms with Crippen molar-refractivity contribution < 1.29 is 14.3 Å². The number of fused-ring (bicyclic) bond motifs is 2. The normalized spacial score (nSPS) is 11.0. The van der Waals surface area contributed by atoms with Gasteiger partial charge in [0, 0.05) is 11.1 Å². The third-order valence-corrected chi connectivity index (χ3v) is 7.86. The van der Waals surface area contributed by atoms with Crippen molar-refractivity contribution in [2.24, 2.45) is 0 Å². The van der Waals surface area contributed by atoms with Crippen molar-refractivity contribution in [3.63, 3.8) is 0 Å². The minimum Gasteiger partial charge on any atom is -0.457 e. The molecular weight excluding hydrogens is 528 g/mol. The number of aryl methyl sites for hydroxylation is 2. The van der Waals surface area contributed by atoms with Gasteiger partial charge in [-0.1, -0.05) is 34.8 Å². The van der Waals surface area contributed by atoms with Gasteiger partial charge in [-0.3, -0.25) is 20.2 Å². The maximum absolute atomic E-state index is 12.7. The van der Waals surface area contributed by atoms with E-state index in [1.165, 1.54) is 22.7 Å². The molecule has 2 N–H and O–H groups in total. The van der Waals surface area contributed by atoms with E-state index in [1.54, 1.807) is 48.5 Å². The summed E-state index contributed by atoms with van der Waals surface area (Å²) in [5.74, 6) is 0.667. The molecule has 0 aliphatic rings. The minimum absolute atomic E-state index is 0.240. The van der Waals surface area contributed by atoms with Crippen molar-refractivity contribution in [3.8, 4) is 11.5 Å². The summed E-state index contributed by atoms with van der Waals surface area (Å²) in [7, 11) is 0. The maximum Gasteiger partial charge on any atom is 0.257 e. The quantitative estimate of drug-likeness (QED) is 0.221. The summed E-state index contributed by atoms with van der Waals surface area (Å²) in [4.78, 5) is 34.4. The van der Waals surface area contributed by atoms with Crippen molar-refractivity contribution in [3.05, 3.63) is 107 Å². The standard InChI is InChI=1S/C30H22N4O3S2/c1-17-3-13-23-25(15-17)38-29(31-23)33-27(35)19-5-9-21(10-6-19)37-22-11-7-20(8-12-22)28(36)34-30-32-24-14-4-18(2)16-26(24)39-30/h3-16H,1-2H3,(H,31,33,35)(H,32,34,36). The summed E-state index contributed by atoms with van der Waals surface area (Å²) in [6, 6.07) is 25.7. The summed E-state index contributed by atoms with van der Waals surface area (Å²) >= 11 is 2.89. The first-order valence-corrected chi connectivity index (χ1v) is 13.8. The fourth-order valence-electron chi connectivity index (χ4n) is 3.99. The van der Waals surface area contributed by atoms with Crippen LogP contribution >= 0.6 is 22.7 Å². The van der Waals surface area contributed by atoms with Crippen molar-refractivity contribution in [2.75, 3.05) is 10.6 Å². The molecule has 4 aromatic carbocycles. The third kappa shape index (κ3) is 5.50. The molecule has 0 unspecified atom stereocenters. The van der Waals surface area contributed by atoms with Crippen LogP contribution < -0.4 is 15.4 Å². The zero-order chi connectivity index (χ0) is 26.9. The van der Waals surface area contributed by atoms with Crippen LogP contribution in [0.3, 0.4) is 0 Å². The molecule has 0 bridgehead atoms. The van der Waals surface area contributed by atoms with Crippen molar-refractivity contribution in [1.82, 2.24) is 9.97 Å². The number of rotatable bonds is 6. The molecule has 0 atom stereocenters. The van der Waals surface area contributed by atoms with Crippen molar-refractivity contribution in [2.45, 2.75) is 13.8 Å². The van der Waals surface area contributed by atoms with Gasteiger partial charge in [0.25, 0.3) is 11.8 Å². The van der Waals surface area contributed by atoms with E-state index in [-0.39, 0.29) is 11.8 Å². The number of thiazole rings is 2. The van der Waals surface area contributed by atoms with E-state index in [1.807, 2.05) is 38.1 Å². The van der Waals surface area contributed by atoms with Crippen LogP contribution in [-0.4, -0.2) is 21.8 Å². The molecule has 0 saturated carbocycles. The second-order valence-electron chi connectivity index (χ2n) is 9.04. The lowest BCUT2D eigenvalue weighted by Crippen LogP contribution is -2.11. The number of amides is 2. The number of hydrogen-bond acceptors (Lipinski definition) is 7. The van der Waals surface area contributed by atoms with Gasteiger partial charge in [-0.05, 0) is 97.8 Å². The summed E-state index contributed by atoms with van der Waals surface area (Å²) in [5, 5.41) is 6.85. The largest absolute Gasteiger partial charge is 0.457 e. The SMILES string of the molecule is Cc1ccc2nc(NC(=O)c3ccc(Oc4ccc(C(=O)Nc5nc6ccc(C)cc6s5)cc4)cc3)sc2c1. The lowest BCUT2D eigenvalue weighted by Gasteiger charge is -2.08. The Balaban J connectivity index is 1.07. The molecule has 7 nitrogen and oxygen atoms in total. The summed E-state index contributed by atoms with van der Waals surface area (Å²) in [6.45, 7) is 4.05. The highest BCUT2D eigenvalue weighted by Crippen LogP contribution is 2.29. The fourth-order valence-corrected chi connectivity index (χ4v) is 5.91. The zero-order valence-electron chi connectivity index (χ0n) is 21.0. The minimum atomic E-state index is -0.240. The van der Waals surface area contributed by atoms with Crippen LogP contribution in [0.25, 0.3) is 20.4 Å². The number of anilines is 2. The number of carbonyl (C=O) groups excluding carboxylic acids is 2. The number of nitrogens with one attached hydrogen (secondary N) is 2. The molecular formula is C30H22N4O3S2. The number of hydrogen-bond donors (Lipinski definition) is 2. The maximum atomic E-state index is 12.7. The van der Waals surface area contributed by atoms with E-state index in [4.69, 9.17) is 4.74 Å².